The van der Waals surface area contributed by atoms with Gasteiger partial charge in [-0.25, -0.2) is 14.6 Å². The molecule has 1 aliphatic rings. The van der Waals surface area contributed by atoms with Crippen LogP contribution >= 0.6 is 11.6 Å². The van der Waals surface area contributed by atoms with Gasteiger partial charge in [0.2, 0.25) is 0 Å². The van der Waals surface area contributed by atoms with E-state index in [-0.39, 0.29) is 48.2 Å². The molecule has 160 valence electrons. The molecule has 0 aliphatic carbocycles. The number of anilines is 1. The molecular weight excluding hydrogens is 396 g/mol. The molecule has 1 amide bonds. The van der Waals surface area contributed by atoms with E-state index in [0.717, 1.165) is 0 Å². The van der Waals surface area contributed by atoms with Gasteiger partial charge >= 0.3 is 11.8 Å². The standard InChI is InChI=1S/C19H29ClN6O3/c1-11-10-26(18(28)29-19(3,4)5)12(2)9-25(11)15-14-16(24(7)17(27)22-15)23(6)13(8-20)21-14/h11-12H,8-10H2,1-7H3/t11-,12+/m0/s1/i6D3,7D3. The lowest BCUT2D eigenvalue weighted by molar-refractivity contribution is 0.0130. The summed E-state index contributed by atoms with van der Waals surface area (Å²) in [6, 6.07) is -0.741. The quantitative estimate of drug-likeness (QED) is 0.679. The first kappa shape index (κ1) is 14.7. The molecule has 2 aromatic heterocycles. The minimum Gasteiger partial charge on any atom is -0.444 e. The lowest BCUT2D eigenvalue weighted by Crippen LogP contribution is -2.59. The Morgan fingerprint density at radius 1 is 1.21 bits per heavy atom. The van der Waals surface area contributed by atoms with Gasteiger partial charge in [0, 0.05) is 47.3 Å². The number of carbonyl (C=O) groups excluding carboxylic acids is 1. The summed E-state index contributed by atoms with van der Waals surface area (Å²) in [6.07, 6.45) is -0.483. The van der Waals surface area contributed by atoms with Crippen LogP contribution in [0.3, 0.4) is 0 Å². The highest BCUT2D eigenvalue weighted by atomic mass is 35.5. The number of ether oxygens (including phenoxy) is 1. The second-order valence-corrected chi connectivity index (χ2v) is 8.47. The smallest absolute Gasteiger partial charge is 0.410 e. The summed E-state index contributed by atoms with van der Waals surface area (Å²) in [5.74, 6) is -0.426. The van der Waals surface area contributed by atoms with Crippen molar-refractivity contribution in [2.24, 2.45) is 14.0 Å². The van der Waals surface area contributed by atoms with Crippen molar-refractivity contribution < 1.29 is 17.8 Å². The molecule has 0 bridgehead atoms. The highest BCUT2D eigenvalue weighted by molar-refractivity contribution is 6.16. The van der Waals surface area contributed by atoms with Gasteiger partial charge in [-0.1, -0.05) is 0 Å². The summed E-state index contributed by atoms with van der Waals surface area (Å²) in [5, 5.41) is 0. The van der Waals surface area contributed by atoms with Gasteiger partial charge in [0.1, 0.15) is 22.6 Å². The summed E-state index contributed by atoms with van der Waals surface area (Å²) in [7, 11) is 0. The molecular formula is C19H29ClN6O3. The maximum Gasteiger partial charge on any atom is 0.410 e. The number of halogens is 1. The number of hydrogen-bond acceptors (Lipinski definition) is 6. The molecule has 0 saturated carbocycles. The molecule has 2 aromatic rings. The number of amides is 1. The molecule has 2 atom stereocenters. The normalized spacial score (nSPS) is 24.3. The molecule has 0 unspecified atom stereocenters. The van der Waals surface area contributed by atoms with Crippen LogP contribution in [0.25, 0.3) is 11.2 Å². The fourth-order valence-electron chi connectivity index (χ4n) is 3.38. The molecule has 0 N–H and O–H groups in total. The lowest BCUT2D eigenvalue weighted by Gasteiger charge is -2.44. The van der Waals surface area contributed by atoms with Crippen LogP contribution in [0, 0.1) is 0 Å². The van der Waals surface area contributed by atoms with Crippen LogP contribution in [-0.4, -0.2) is 60.9 Å². The Labute approximate surface area is 183 Å². The van der Waals surface area contributed by atoms with Crippen molar-refractivity contribution >= 4 is 34.7 Å². The molecule has 1 aliphatic heterocycles. The van der Waals surface area contributed by atoms with Crippen molar-refractivity contribution in [1.29, 1.82) is 0 Å². The summed E-state index contributed by atoms with van der Waals surface area (Å²) in [6.45, 7) is 3.49. The van der Waals surface area contributed by atoms with Gasteiger partial charge < -0.3 is 19.1 Å². The topological polar surface area (TPSA) is 85.5 Å². The summed E-state index contributed by atoms with van der Waals surface area (Å²) in [5.41, 5.74) is -2.30. The maximum absolute atomic E-state index is 13.0. The third kappa shape index (κ3) is 3.92. The number of carbonyl (C=O) groups is 1. The Morgan fingerprint density at radius 3 is 2.48 bits per heavy atom. The predicted octanol–water partition coefficient (Wildman–Crippen LogP) is 2.24. The number of rotatable bonds is 2. The molecule has 1 fully saturated rings. The molecule has 0 spiro atoms. The van der Waals surface area contributed by atoms with Crippen molar-refractivity contribution in [3.05, 3.63) is 16.3 Å². The number of hydrogen-bond donors (Lipinski definition) is 0. The summed E-state index contributed by atoms with van der Waals surface area (Å²) < 4.78 is 53.8. The molecule has 10 heteroatoms. The van der Waals surface area contributed by atoms with Gasteiger partial charge in [0.15, 0.2) is 5.82 Å². The average molecular weight is 431 g/mol. The molecule has 3 rings (SSSR count). The minimum atomic E-state index is -3.01. The number of fused-ring (bicyclic) bond motifs is 1. The van der Waals surface area contributed by atoms with Gasteiger partial charge in [-0.2, -0.15) is 4.98 Å². The zero-order valence-corrected chi connectivity index (χ0v) is 17.8. The van der Waals surface area contributed by atoms with Crippen molar-refractivity contribution in [2.45, 2.75) is 58.2 Å². The van der Waals surface area contributed by atoms with E-state index in [1.165, 1.54) is 0 Å². The van der Waals surface area contributed by atoms with Crippen LogP contribution in [-0.2, 0) is 24.6 Å². The Kier molecular flexibility index (Phi) is 3.80. The molecule has 3 heterocycles. The van der Waals surface area contributed by atoms with E-state index < -0.39 is 37.0 Å². The third-order valence-electron chi connectivity index (χ3n) is 4.74. The fourth-order valence-corrected chi connectivity index (χ4v) is 3.56. The largest absolute Gasteiger partial charge is 0.444 e. The summed E-state index contributed by atoms with van der Waals surface area (Å²) in [4.78, 5) is 37.3. The molecule has 29 heavy (non-hydrogen) atoms. The Hall–Kier alpha value is -2.29. The van der Waals surface area contributed by atoms with Crippen molar-refractivity contribution in [1.82, 2.24) is 24.0 Å². The van der Waals surface area contributed by atoms with Gasteiger partial charge in [0.05, 0.1) is 5.88 Å². The van der Waals surface area contributed by atoms with Crippen LogP contribution in [0.1, 0.15) is 48.7 Å². The van der Waals surface area contributed by atoms with E-state index in [9.17, 15) is 9.59 Å². The van der Waals surface area contributed by atoms with Crippen molar-refractivity contribution in [3.8, 4) is 0 Å². The van der Waals surface area contributed by atoms with Crippen LogP contribution in [0.15, 0.2) is 4.79 Å². The van der Waals surface area contributed by atoms with E-state index in [1.807, 2.05) is 0 Å². The number of imidazole rings is 1. The maximum atomic E-state index is 13.0. The fraction of sp³-hybridized carbons (Fsp3) is 0.684. The van der Waals surface area contributed by atoms with Crippen LogP contribution in [0.5, 0.6) is 0 Å². The van der Waals surface area contributed by atoms with E-state index in [4.69, 9.17) is 24.6 Å². The van der Waals surface area contributed by atoms with Crippen molar-refractivity contribution in [3.63, 3.8) is 0 Å². The van der Waals surface area contributed by atoms with Gasteiger partial charge in [-0.15, -0.1) is 11.6 Å². The van der Waals surface area contributed by atoms with E-state index in [2.05, 4.69) is 9.97 Å². The minimum absolute atomic E-state index is 0.0306. The SMILES string of the molecule is [2H]C([2H])([2H])n1c(CCl)nc2c(N3C[C@@H](C)N(C(=O)OC(C)(C)C)C[C@@H]3C)nc(=O)n(C([2H])([2H])[2H])c21. The van der Waals surface area contributed by atoms with Crippen LogP contribution in [0.4, 0.5) is 10.6 Å². The van der Waals surface area contributed by atoms with E-state index in [1.54, 1.807) is 44.4 Å². The average Bonchev–Trinajstić information content (AvgIpc) is 3.05. The monoisotopic (exact) mass is 430 g/mol. The first-order chi connectivity index (χ1) is 15.9. The first-order valence-electron chi connectivity index (χ1n) is 12.2. The Morgan fingerprint density at radius 2 is 1.90 bits per heavy atom. The highest BCUT2D eigenvalue weighted by Crippen LogP contribution is 2.28. The van der Waals surface area contributed by atoms with Crippen molar-refractivity contribution in [2.75, 3.05) is 18.0 Å². The van der Waals surface area contributed by atoms with Gasteiger partial charge in [0.25, 0.3) is 0 Å². The Balaban J connectivity index is 2.18. The Bertz CT molecular complexity index is 1190. The van der Waals surface area contributed by atoms with Crippen LogP contribution in [0.2, 0.25) is 0 Å². The molecule has 1 saturated heterocycles. The van der Waals surface area contributed by atoms with E-state index >= 15 is 0 Å². The predicted molar refractivity (Wildman–Crippen MR) is 113 cm³/mol. The third-order valence-corrected chi connectivity index (χ3v) is 4.98. The highest BCUT2D eigenvalue weighted by Gasteiger charge is 2.36. The molecule has 9 nitrogen and oxygen atoms in total. The zero-order valence-electron chi connectivity index (χ0n) is 23.1. The van der Waals surface area contributed by atoms with Gasteiger partial charge in [-0.05, 0) is 34.6 Å². The number of aromatic nitrogens is 4. The number of aryl methyl sites for hydroxylation is 2. The molecule has 0 aromatic carbocycles. The van der Waals surface area contributed by atoms with Gasteiger partial charge in [-0.3, -0.25) is 4.57 Å². The second kappa shape index (κ2) is 7.51. The zero-order chi connectivity index (χ0) is 26.7. The lowest BCUT2D eigenvalue weighted by atomic mass is 10.1. The summed E-state index contributed by atoms with van der Waals surface area (Å²) >= 11 is 5.96. The first-order valence-corrected chi connectivity index (χ1v) is 9.78. The van der Waals surface area contributed by atoms with E-state index in [0.29, 0.717) is 9.13 Å². The number of alkyl halides is 1. The molecule has 0 radical (unpaired) electrons. The van der Waals surface area contributed by atoms with Crippen LogP contribution < -0.4 is 10.6 Å². The number of piperazine rings is 1. The number of nitrogens with zero attached hydrogens (tertiary/aromatic N) is 6. The second-order valence-electron chi connectivity index (χ2n) is 8.21.